The summed E-state index contributed by atoms with van der Waals surface area (Å²) in [6, 6.07) is 13.2. The molecule has 0 radical (unpaired) electrons. The van der Waals surface area contributed by atoms with Crippen molar-refractivity contribution in [1.82, 2.24) is 25.2 Å². The van der Waals surface area contributed by atoms with Crippen LogP contribution in [0.2, 0.25) is 0 Å². The van der Waals surface area contributed by atoms with Crippen LogP contribution in [-0.2, 0) is 29.7 Å². The van der Waals surface area contributed by atoms with Gasteiger partial charge in [0, 0.05) is 5.69 Å². The number of nitrogens with zero attached hydrogens (tertiary/aromatic N) is 4. The third-order valence-electron chi connectivity index (χ3n) is 6.26. The molecule has 33 heavy (non-hydrogen) atoms. The van der Waals surface area contributed by atoms with Crippen LogP contribution in [0.5, 0.6) is 0 Å². The van der Waals surface area contributed by atoms with Crippen molar-refractivity contribution in [1.29, 1.82) is 0 Å². The number of urea groups is 1. The second-order valence-corrected chi connectivity index (χ2v) is 8.71. The number of nitrogens with two attached hydrogens (primary N) is 1. The Morgan fingerprint density at radius 3 is 2.61 bits per heavy atom. The van der Waals surface area contributed by atoms with Crippen molar-refractivity contribution in [3.63, 3.8) is 0 Å². The highest BCUT2D eigenvalue weighted by Gasteiger charge is 2.49. The molecule has 4 N–H and O–H groups in total. The van der Waals surface area contributed by atoms with Crippen molar-refractivity contribution in [3.05, 3.63) is 70.5 Å². The van der Waals surface area contributed by atoms with E-state index < -0.39 is 11.6 Å². The molecular formula is C24H25N7O2. The van der Waals surface area contributed by atoms with E-state index in [1.54, 1.807) is 6.92 Å². The highest BCUT2D eigenvalue weighted by molar-refractivity contribution is 6.07. The number of fused-ring (bicyclic) bond motifs is 1. The molecule has 1 atom stereocenters. The maximum absolute atomic E-state index is 13.4. The van der Waals surface area contributed by atoms with Crippen molar-refractivity contribution < 1.29 is 9.59 Å². The molecular weight excluding hydrogens is 418 g/mol. The Bertz CT molecular complexity index is 1260. The number of rotatable bonds is 5. The second kappa shape index (κ2) is 7.84. The lowest BCUT2D eigenvalue weighted by Crippen LogP contribution is -2.41. The van der Waals surface area contributed by atoms with Crippen LogP contribution < -0.4 is 16.4 Å². The minimum atomic E-state index is -1.14. The van der Waals surface area contributed by atoms with Gasteiger partial charge in [-0.15, -0.1) is 0 Å². The molecule has 0 bridgehead atoms. The van der Waals surface area contributed by atoms with E-state index in [9.17, 15) is 9.59 Å². The molecule has 168 valence electrons. The first kappa shape index (κ1) is 20.9. The van der Waals surface area contributed by atoms with Gasteiger partial charge < -0.3 is 16.4 Å². The van der Waals surface area contributed by atoms with Gasteiger partial charge in [-0.2, -0.15) is 15.0 Å². The summed E-state index contributed by atoms with van der Waals surface area (Å²) in [6.45, 7) is 3.62. The Hall–Kier alpha value is -4.01. The molecule has 1 fully saturated rings. The first-order chi connectivity index (χ1) is 15.8. The Morgan fingerprint density at radius 2 is 1.82 bits per heavy atom. The number of anilines is 3. The summed E-state index contributed by atoms with van der Waals surface area (Å²) in [5.74, 6) is 0.120. The van der Waals surface area contributed by atoms with Gasteiger partial charge in [0.25, 0.3) is 5.91 Å². The molecule has 1 aromatic heterocycles. The summed E-state index contributed by atoms with van der Waals surface area (Å²) in [5, 5.41) is 5.93. The number of carbonyl (C=O) groups excluding carboxylic acids is 2. The number of amides is 3. The van der Waals surface area contributed by atoms with Gasteiger partial charge in [0.2, 0.25) is 11.9 Å². The number of imide groups is 1. The molecule has 0 saturated carbocycles. The Balaban J connectivity index is 1.38. The average Bonchev–Trinajstić information content (AvgIpc) is 3.33. The molecule has 5 rings (SSSR count). The van der Waals surface area contributed by atoms with Crippen molar-refractivity contribution in [2.75, 3.05) is 11.1 Å². The predicted molar refractivity (Wildman–Crippen MR) is 124 cm³/mol. The molecule has 2 heterocycles. The minimum Gasteiger partial charge on any atom is -0.368 e. The van der Waals surface area contributed by atoms with E-state index in [1.807, 2.05) is 43.3 Å². The fourth-order valence-electron chi connectivity index (χ4n) is 4.39. The molecule has 3 aromatic rings. The average molecular weight is 444 g/mol. The molecule has 1 aliphatic heterocycles. The van der Waals surface area contributed by atoms with Gasteiger partial charge in [-0.25, -0.2) is 4.79 Å². The summed E-state index contributed by atoms with van der Waals surface area (Å²) in [5.41, 5.74) is 9.97. The summed E-state index contributed by atoms with van der Waals surface area (Å²) >= 11 is 0. The number of carbonyl (C=O) groups is 2. The molecule has 1 aliphatic carbocycles. The fraction of sp³-hybridized carbons (Fsp3) is 0.292. The van der Waals surface area contributed by atoms with E-state index >= 15 is 0 Å². The van der Waals surface area contributed by atoms with E-state index in [0.717, 1.165) is 41.0 Å². The van der Waals surface area contributed by atoms with E-state index in [-0.39, 0.29) is 30.2 Å². The molecule has 0 spiro atoms. The summed E-state index contributed by atoms with van der Waals surface area (Å²) in [4.78, 5) is 39.9. The lowest BCUT2D eigenvalue weighted by Gasteiger charge is -2.23. The lowest BCUT2D eigenvalue weighted by molar-refractivity contribution is -0.131. The molecule has 2 aromatic carbocycles. The number of hydrogen-bond acceptors (Lipinski definition) is 7. The van der Waals surface area contributed by atoms with Gasteiger partial charge in [0.1, 0.15) is 5.54 Å². The first-order valence-electron chi connectivity index (χ1n) is 10.9. The van der Waals surface area contributed by atoms with Crippen molar-refractivity contribution in [2.45, 2.75) is 45.2 Å². The van der Waals surface area contributed by atoms with Crippen LogP contribution in [-0.4, -0.2) is 31.8 Å². The summed E-state index contributed by atoms with van der Waals surface area (Å²) < 4.78 is 0. The third kappa shape index (κ3) is 3.86. The van der Waals surface area contributed by atoms with Gasteiger partial charge >= 0.3 is 6.03 Å². The van der Waals surface area contributed by atoms with E-state index in [1.165, 1.54) is 11.1 Å². The Labute approximate surface area is 191 Å². The molecule has 1 saturated heterocycles. The number of nitrogen functional groups attached to an aromatic ring is 1. The number of benzene rings is 2. The zero-order chi connectivity index (χ0) is 23.2. The van der Waals surface area contributed by atoms with Crippen LogP contribution in [0.1, 0.15) is 41.4 Å². The number of aromatic nitrogens is 3. The van der Waals surface area contributed by atoms with Crippen molar-refractivity contribution in [2.24, 2.45) is 0 Å². The van der Waals surface area contributed by atoms with Crippen LogP contribution >= 0.6 is 0 Å². The topological polar surface area (TPSA) is 126 Å². The largest absolute Gasteiger partial charge is 0.368 e. The quantitative estimate of drug-likeness (QED) is 0.518. The fourth-order valence-corrected chi connectivity index (χ4v) is 4.39. The van der Waals surface area contributed by atoms with Crippen LogP contribution in [0.3, 0.4) is 0 Å². The van der Waals surface area contributed by atoms with Crippen molar-refractivity contribution in [3.8, 4) is 0 Å². The Morgan fingerprint density at radius 1 is 1.06 bits per heavy atom. The van der Waals surface area contributed by atoms with Gasteiger partial charge in [-0.1, -0.05) is 35.9 Å². The molecule has 3 amide bonds. The zero-order valence-corrected chi connectivity index (χ0v) is 18.6. The predicted octanol–water partition coefficient (Wildman–Crippen LogP) is 2.96. The minimum absolute atomic E-state index is 0.00282. The van der Waals surface area contributed by atoms with E-state index in [0.29, 0.717) is 0 Å². The van der Waals surface area contributed by atoms with E-state index in [2.05, 4.69) is 31.7 Å². The molecule has 9 heteroatoms. The lowest BCUT2D eigenvalue weighted by atomic mass is 9.89. The van der Waals surface area contributed by atoms with Gasteiger partial charge in [0.15, 0.2) is 5.82 Å². The second-order valence-electron chi connectivity index (χ2n) is 8.71. The Kier molecular flexibility index (Phi) is 4.96. The molecule has 1 unspecified atom stereocenters. The van der Waals surface area contributed by atoms with Gasteiger partial charge in [0.05, 0.1) is 6.54 Å². The SMILES string of the molecule is Cc1ccc(Nc2nc(N)nc(CN3C(=O)NC(C)(c4ccc5c(c4)CCC5)C3=O)n2)cc1. The maximum atomic E-state index is 13.4. The number of hydrogen-bond donors (Lipinski definition) is 3. The monoisotopic (exact) mass is 443 g/mol. The van der Waals surface area contributed by atoms with Crippen LogP contribution in [0.4, 0.5) is 22.4 Å². The smallest absolute Gasteiger partial charge is 0.325 e. The molecule has 2 aliphatic rings. The standard InChI is InChI=1S/C24H25N7O2/c1-14-6-10-18(11-7-14)26-22-28-19(27-21(25)29-22)13-31-20(32)24(2,30-23(31)33)17-9-8-15-4-3-5-16(15)12-17/h6-12H,3-5,13H2,1-2H3,(H,30,33)(H3,25,26,27,28,29). The van der Waals surface area contributed by atoms with Gasteiger partial charge in [-0.05, 0) is 61.9 Å². The highest BCUT2D eigenvalue weighted by atomic mass is 16.2. The van der Waals surface area contributed by atoms with Crippen molar-refractivity contribution >= 4 is 29.5 Å². The first-order valence-corrected chi connectivity index (χ1v) is 10.9. The summed E-state index contributed by atoms with van der Waals surface area (Å²) in [7, 11) is 0. The number of aryl methyl sites for hydroxylation is 3. The van der Waals surface area contributed by atoms with Crippen LogP contribution in [0.15, 0.2) is 42.5 Å². The summed E-state index contributed by atoms with van der Waals surface area (Å²) in [6.07, 6.45) is 3.16. The van der Waals surface area contributed by atoms with Gasteiger partial charge in [-0.3, -0.25) is 9.69 Å². The highest BCUT2D eigenvalue weighted by Crippen LogP contribution is 2.33. The van der Waals surface area contributed by atoms with Crippen LogP contribution in [0.25, 0.3) is 0 Å². The van der Waals surface area contributed by atoms with E-state index in [4.69, 9.17) is 5.73 Å². The van der Waals surface area contributed by atoms with Crippen LogP contribution in [0, 0.1) is 6.92 Å². The molecule has 9 nitrogen and oxygen atoms in total. The number of nitrogens with one attached hydrogen (secondary N) is 2. The zero-order valence-electron chi connectivity index (χ0n) is 18.6. The maximum Gasteiger partial charge on any atom is 0.325 e. The third-order valence-corrected chi connectivity index (χ3v) is 6.26. The normalized spacial score (nSPS) is 19.5.